The van der Waals surface area contributed by atoms with Gasteiger partial charge in [-0.3, -0.25) is 0 Å². The quantitative estimate of drug-likeness (QED) is 0.670. The molecule has 0 aliphatic carbocycles. The standard InChI is InChI=1S/C13H15NO2S/c1-3-14(4-2)9-5-6-10-11(7-9)16-13(15)8-12(10)17/h5-8,17H,3-4H2,1-2H3. The van der Waals surface area contributed by atoms with Crippen molar-refractivity contribution < 1.29 is 4.42 Å². The topological polar surface area (TPSA) is 33.5 Å². The van der Waals surface area contributed by atoms with Crippen molar-refractivity contribution in [2.75, 3.05) is 18.0 Å². The van der Waals surface area contributed by atoms with E-state index in [1.807, 2.05) is 18.2 Å². The molecule has 3 nitrogen and oxygen atoms in total. The summed E-state index contributed by atoms with van der Waals surface area (Å²) in [5.74, 6) is 0. The van der Waals surface area contributed by atoms with E-state index in [4.69, 9.17) is 4.42 Å². The average Bonchev–Trinajstić information content (AvgIpc) is 2.30. The molecule has 0 N–H and O–H groups in total. The van der Waals surface area contributed by atoms with Crippen LogP contribution in [0.15, 0.2) is 38.4 Å². The average molecular weight is 249 g/mol. The lowest BCUT2D eigenvalue weighted by Crippen LogP contribution is -2.21. The van der Waals surface area contributed by atoms with Crippen molar-refractivity contribution in [2.24, 2.45) is 0 Å². The highest BCUT2D eigenvalue weighted by atomic mass is 32.1. The summed E-state index contributed by atoms with van der Waals surface area (Å²) in [6.45, 7) is 6.04. The Morgan fingerprint density at radius 1 is 1.24 bits per heavy atom. The Morgan fingerprint density at radius 3 is 2.59 bits per heavy atom. The van der Waals surface area contributed by atoms with Gasteiger partial charge >= 0.3 is 5.63 Å². The third kappa shape index (κ3) is 2.31. The Kier molecular flexibility index (Phi) is 3.43. The molecule has 0 spiro atoms. The number of fused-ring (bicyclic) bond motifs is 1. The molecule has 0 aliphatic rings. The van der Waals surface area contributed by atoms with Gasteiger partial charge in [0, 0.05) is 41.2 Å². The minimum atomic E-state index is -0.362. The molecule has 0 amide bonds. The summed E-state index contributed by atoms with van der Waals surface area (Å²) >= 11 is 4.28. The van der Waals surface area contributed by atoms with E-state index in [0.717, 1.165) is 24.2 Å². The molecule has 17 heavy (non-hydrogen) atoms. The van der Waals surface area contributed by atoms with Gasteiger partial charge in [-0.2, -0.15) is 0 Å². The first-order valence-electron chi connectivity index (χ1n) is 5.67. The van der Waals surface area contributed by atoms with Crippen LogP contribution in [0.2, 0.25) is 0 Å². The van der Waals surface area contributed by atoms with E-state index in [-0.39, 0.29) is 5.63 Å². The summed E-state index contributed by atoms with van der Waals surface area (Å²) in [4.78, 5) is 14.1. The molecule has 0 atom stereocenters. The van der Waals surface area contributed by atoms with Crippen molar-refractivity contribution >= 4 is 29.3 Å². The molecular weight excluding hydrogens is 234 g/mol. The monoisotopic (exact) mass is 249 g/mol. The molecule has 4 heteroatoms. The molecule has 0 saturated carbocycles. The van der Waals surface area contributed by atoms with E-state index in [0.29, 0.717) is 10.5 Å². The molecule has 0 aliphatic heterocycles. The minimum Gasteiger partial charge on any atom is -0.423 e. The number of anilines is 1. The summed E-state index contributed by atoms with van der Waals surface area (Å²) < 4.78 is 5.19. The highest BCUT2D eigenvalue weighted by Gasteiger charge is 2.06. The number of hydrogen-bond acceptors (Lipinski definition) is 4. The van der Waals surface area contributed by atoms with Gasteiger partial charge in [-0.05, 0) is 26.0 Å². The lowest BCUT2D eigenvalue weighted by atomic mass is 10.2. The number of thiol groups is 1. The lowest BCUT2D eigenvalue weighted by Gasteiger charge is -2.21. The van der Waals surface area contributed by atoms with Crippen molar-refractivity contribution in [1.82, 2.24) is 0 Å². The maximum Gasteiger partial charge on any atom is 0.337 e. The maximum atomic E-state index is 11.3. The summed E-state index contributed by atoms with van der Waals surface area (Å²) in [5.41, 5.74) is 1.29. The van der Waals surface area contributed by atoms with Crippen LogP contribution in [0.3, 0.4) is 0 Å². The van der Waals surface area contributed by atoms with E-state index in [9.17, 15) is 4.79 Å². The first kappa shape index (κ1) is 12.0. The number of benzene rings is 1. The molecule has 1 aromatic heterocycles. The largest absolute Gasteiger partial charge is 0.423 e. The van der Waals surface area contributed by atoms with Crippen molar-refractivity contribution in [1.29, 1.82) is 0 Å². The van der Waals surface area contributed by atoms with E-state index in [1.165, 1.54) is 6.07 Å². The smallest absolute Gasteiger partial charge is 0.337 e. The van der Waals surface area contributed by atoms with Crippen LogP contribution < -0.4 is 10.5 Å². The Labute approximate surface area is 105 Å². The van der Waals surface area contributed by atoms with Crippen LogP contribution in [0.25, 0.3) is 11.0 Å². The molecule has 0 fully saturated rings. The summed E-state index contributed by atoms with van der Waals surface area (Å²) in [6, 6.07) is 7.25. The van der Waals surface area contributed by atoms with Crippen LogP contribution in [0.4, 0.5) is 5.69 Å². The van der Waals surface area contributed by atoms with Gasteiger partial charge in [-0.1, -0.05) is 0 Å². The molecule has 2 rings (SSSR count). The third-order valence-electron chi connectivity index (χ3n) is 2.83. The molecule has 0 unspecified atom stereocenters. The Bertz CT molecular complexity index is 587. The Morgan fingerprint density at radius 2 is 1.94 bits per heavy atom. The molecular formula is C13H15NO2S. The van der Waals surface area contributed by atoms with Gasteiger partial charge in [-0.15, -0.1) is 12.6 Å². The van der Waals surface area contributed by atoms with Gasteiger partial charge in [0.25, 0.3) is 0 Å². The fourth-order valence-electron chi connectivity index (χ4n) is 1.92. The fourth-order valence-corrected chi connectivity index (χ4v) is 2.21. The normalized spacial score (nSPS) is 10.8. The minimum absolute atomic E-state index is 0.362. The molecule has 1 heterocycles. The number of nitrogens with zero attached hydrogens (tertiary/aromatic N) is 1. The van der Waals surface area contributed by atoms with Crippen LogP contribution in [0.5, 0.6) is 0 Å². The SMILES string of the molecule is CCN(CC)c1ccc2c(S)cc(=O)oc2c1. The number of hydrogen-bond donors (Lipinski definition) is 1. The molecule has 2 aromatic rings. The second kappa shape index (κ2) is 4.84. The molecule has 90 valence electrons. The molecule has 0 saturated heterocycles. The van der Waals surface area contributed by atoms with Gasteiger partial charge in [0.1, 0.15) is 5.58 Å². The molecule has 1 aromatic carbocycles. The van der Waals surface area contributed by atoms with Crippen molar-refractivity contribution in [3.8, 4) is 0 Å². The van der Waals surface area contributed by atoms with Crippen molar-refractivity contribution in [2.45, 2.75) is 18.7 Å². The van der Waals surface area contributed by atoms with Crippen molar-refractivity contribution in [3.63, 3.8) is 0 Å². The van der Waals surface area contributed by atoms with Gasteiger partial charge in [0.05, 0.1) is 0 Å². The molecule has 0 bridgehead atoms. The first-order valence-corrected chi connectivity index (χ1v) is 6.12. The Hall–Kier alpha value is -1.42. The first-order chi connectivity index (χ1) is 8.15. The second-order valence-electron chi connectivity index (χ2n) is 3.80. The predicted octanol–water partition coefficient (Wildman–Crippen LogP) is 2.93. The lowest BCUT2D eigenvalue weighted by molar-refractivity contribution is 0.557. The fraction of sp³-hybridized carbons (Fsp3) is 0.308. The van der Waals surface area contributed by atoms with Crippen LogP contribution in [-0.2, 0) is 0 Å². The zero-order chi connectivity index (χ0) is 12.4. The summed E-state index contributed by atoms with van der Waals surface area (Å²) in [5, 5.41) is 0.865. The Balaban J connectivity index is 2.61. The highest BCUT2D eigenvalue weighted by Crippen LogP contribution is 2.25. The zero-order valence-corrected chi connectivity index (χ0v) is 10.8. The summed E-state index contributed by atoms with van der Waals surface area (Å²) in [6.07, 6.45) is 0. The summed E-state index contributed by atoms with van der Waals surface area (Å²) in [7, 11) is 0. The third-order valence-corrected chi connectivity index (χ3v) is 3.20. The van der Waals surface area contributed by atoms with Crippen LogP contribution in [0.1, 0.15) is 13.8 Å². The van der Waals surface area contributed by atoms with Gasteiger partial charge in [0.15, 0.2) is 0 Å². The van der Waals surface area contributed by atoms with Crippen LogP contribution >= 0.6 is 12.6 Å². The van der Waals surface area contributed by atoms with Gasteiger partial charge < -0.3 is 9.32 Å². The van der Waals surface area contributed by atoms with Crippen LogP contribution in [0, 0.1) is 0 Å². The zero-order valence-electron chi connectivity index (χ0n) is 9.93. The van der Waals surface area contributed by atoms with E-state index >= 15 is 0 Å². The predicted molar refractivity (Wildman–Crippen MR) is 73.3 cm³/mol. The number of rotatable bonds is 3. The van der Waals surface area contributed by atoms with Crippen LogP contribution in [-0.4, -0.2) is 13.1 Å². The van der Waals surface area contributed by atoms with Gasteiger partial charge in [0.2, 0.25) is 0 Å². The van der Waals surface area contributed by atoms with E-state index in [1.54, 1.807) is 0 Å². The highest BCUT2D eigenvalue weighted by molar-refractivity contribution is 7.80. The maximum absolute atomic E-state index is 11.3. The second-order valence-corrected chi connectivity index (χ2v) is 4.29. The van der Waals surface area contributed by atoms with E-state index in [2.05, 4.69) is 31.4 Å². The van der Waals surface area contributed by atoms with Crippen molar-refractivity contribution in [3.05, 3.63) is 34.7 Å². The molecule has 0 radical (unpaired) electrons. The van der Waals surface area contributed by atoms with E-state index < -0.39 is 0 Å². The van der Waals surface area contributed by atoms with Gasteiger partial charge in [-0.25, -0.2) is 4.79 Å².